The number of ether oxygens (including phenoxy) is 1. The van der Waals surface area contributed by atoms with Crippen LogP contribution in [0.1, 0.15) is 5.56 Å². The molecule has 160 valence electrons. The number of amides is 1. The fourth-order valence-electron chi connectivity index (χ4n) is 2.82. The molecule has 1 N–H and O–H groups in total. The minimum Gasteiger partial charge on any atom is -0.497 e. The molecule has 0 aliphatic carbocycles. The summed E-state index contributed by atoms with van der Waals surface area (Å²) in [7, 11) is 1.60. The van der Waals surface area contributed by atoms with Gasteiger partial charge in [-0.25, -0.2) is 10.4 Å². The lowest BCUT2D eigenvalue weighted by Crippen LogP contribution is -2.20. The summed E-state index contributed by atoms with van der Waals surface area (Å²) >= 11 is 1.25. The number of hydrogen-bond donors (Lipinski definition) is 1. The first kappa shape index (κ1) is 21.2. The molecule has 0 saturated heterocycles. The van der Waals surface area contributed by atoms with Gasteiger partial charge in [0.05, 0.1) is 25.3 Å². The maximum absolute atomic E-state index is 12.3. The van der Waals surface area contributed by atoms with Crippen molar-refractivity contribution in [3.05, 3.63) is 78.8 Å². The van der Waals surface area contributed by atoms with E-state index < -0.39 is 0 Å². The molecule has 0 fully saturated rings. The first-order valence-corrected chi connectivity index (χ1v) is 10.6. The Morgan fingerprint density at radius 1 is 1.16 bits per heavy atom. The Bertz CT molecular complexity index is 1210. The van der Waals surface area contributed by atoms with Gasteiger partial charge >= 0.3 is 0 Å². The van der Waals surface area contributed by atoms with Gasteiger partial charge in [0.25, 0.3) is 5.91 Å². The Morgan fingerprint density at radius 3 is 2.81 bits per heavy atom. The number of carbonyl (C=O) groups is 1. The first-order valence-electron chi connectivity index (χ1n) is 9.60. The van der Waals surface area contributed by atoms with E-state index in [9.17, 15) is 4.79 Å². The number of para-hydroxylation sites is 1. The van der Waals surface area contributed by atoms with Gasteiger partial charge in [-0.05, 0) is 29.8 Å². The van der Waals surface area contributed by atoms with Crippen LogP contribution in [0.25, 0.3) is 17.2 Å². The number of carbonyl (C=O) groups excluding carboxylic acids is 1. The summed E-state index contributed by atoms with van der Waals surface area (Å²) in [6, 6.07) is 17.0. The molecule has 4 rings (SSSR count). The molecule has 0 bridgehead atoms. The monoisotopic (exact) mass is 445 g/mol. The number of nitrogens with one attached hydrogen (secondary N) is 1. The predicted molar refractivity (Wildman–Crippen MR) is 122 cm³/mol. The summed E-state index contributed by atoms with van der Waals surface area (Å²) in [6.07, 6.45) is 6.38. The third-order valence-corrected chi connectivity index (χ3v) is 5.20. The van der Waals surface area contributed by atoms with Crippen LogP contribution in [0.15, 0.2) is 83.4 Å². The fourth-order valence-corrected chi connectivity index (χ4v) is 3.56. The highest BCUT2D eigenvalue weighted by atomic mass is 32.2. The molecule has 10 heteroatoms. The SMILES string of the molecule is COc1cccc(/C=N/NC(=O)CSc2nnc(-c3cnccn3)n2-c2ccccc2)c1. The molecule has 2 heterocycles. The lowest BCUT2D eigenvalue weighted by atomic mass is 10.2. The zero-order chi connectivity index (χ0) is 22.2. The smallest absolute Gasteiger partial charge is 0.250 e. The molecule has 9 nitrogen and oxygen atoms in total. The van der Waals surface area contributed by atoms with Crippen molar-refractivity contribution in [2.75, 3.05) is 12.9 Å². The molecule has 4 aromatic rings. The molecule has 1 amide bonds. The summed E-state index contributed by atoms with van der Waals surface area (Å²) < 4.78 is 7.02. The second-order valence-electron chi connectivity index (χ2n) is 6.43. The van der Waals surface area contributed by atoms with Crippen molar-refractivity contribution in [1.29, 1.82) is 0 Å². The highest BCUT2D eigenvalue weighted by Gasteiger charge is 2.18. The standard InChI is InChI=1S/C22H19N7O2S/c1-31-18-9-5-6-16(12-18)13-25-26-20(30)15-32-22-28-27-21(19-14-23-10-11-24-19)29(22)17-7-3-2-4-8-17/h2-14H,15H2,1H3,(H,26,30)/b25-13+. The van der Waals surface area contributed by atoms with E-state index in [-0.39, 0.29) is 11.7 Å². The van der Waals surface area contributed by atoms with E-state index in [0.717, 1.165) is 17.0 Å². The lowest BCUT2D eigenvalue weighted by Gasteiger charge is -2.09. The van der Waals surface area contributed by atoms with Crippen LogP contribution in [0.5, 0.6) is 5.75 Å². The minimum absolute atomic E-state index is 0.112. The van der Waals surface area contributed by atoms with E-state index in [0.29, 0.717) is 16.7 Å². The van der Waals surface area contributed by atoms with Crippen molar-refractivity contribution >= 4 is 23.9 Å². The minimum atomic E-state index is -0.266. The summed E-state index contributed by atoms with van der Waals surface area (Å²) in [5.41, 5.74) is 4.78. The van der Waals surface area contributed by atoms with Gasteiger partial charge in [0.15, 0.2) is 11.0 Å². The van der Waals surface area contributed by atoms with Crippen LogP contribution in [0.4, 0.5) is 0 Å². The number of hydrazone groups is 1. The number of methoxy groups -OCH3 is 1. The van der Waals surface area contributed by atoms with Crippen molar-refractivity contribution < 1.29 is 9.53 Å². The molecule has 0 aliphatic rings. The van der Waals surface area contributed by atoms with E-state index in [1.54, 1.807) is 31.9 Å². The second-order valence-corrected chi connectivity index (χ2v) is 7.37. The van der Waals surface area contributed by atoms with Gasteiger partial charge in [0.1, 0.15) is 11.4 Å². The topological polar surface area (TPSA) is 107 Å². The molecular weight excluding hydrogens is 426 g/mol. The molecule has 0 saturated carbocycles. The molecule has 0 aliphatic heterocycles. The molecule has 0 radical (unpaired) electrons. The number of benzene rings is 2. The normalized spacial score (nSPS) is 10.9. The quantitative estimate of drug-likeness (QED) is 0.252. The van der Waals surface area contributed by atoms with E-state index in [1.807, 2.05) is 59.2 Å². The summed E-state index contributed by atoms with van der Waals surface area (Å²) in [6.45, 7) is 0. The van der Waals surface area contributed by atoms with Crippen molar-refractivity contribution in [2.24, 2.45) is 5.10 Å². The Morgan fingerprint density at radius 2 is 2.03 bits per heavy atom. The van der Waals surface area contributed by atoms with Crippen LogP contribution in [-0.2, 0) is 4.79 Å². The molecule has 0 atom stereocenters. The fraction of sp³-hybridized carbons (Fsp3) is 0.0909. The van der Waals surface area contributed by atoms with Gasteiger partial charge in [0, 0.05) is 18.1 Å². The van der Waals surface area contributed by atoms with Crippen molar-refractivity contribution in [3.63, 3.8) is 0 Å². The predicted octanol–water partition coefficient (Wildman–Crippen LogP) is 2.98. The third-order valence-electron chi connectivity index (χ3n) is 4.27. The van der Waals surface area contributed by atoms with Crippen LogP contribution in [-0.4, -0.2) is 49.7 Å². The van der Waals surface area contributed by atoms with Crippen LogP contribution < -0.4 is 10.2 Å². The first-order chi connectivity index (χ1) is 15.7. The maximum atomic E-state index is 12.3. The van der Waals surface area contributed by atoms with Gasteiger partial charge in [0.2, 0.25) is 0 Å². The van der Waals surface area contributed by atoms with E-state index in [4.69, 9.17) is 4.74 Å². The van der Waals surface area contributed by atoms with Crippen LogP contribution in [0.3, 0.4) is 0 Å². The lowest BCUT2D eigenvalue weighted by molar-refractivity contribution is -0.118. The highest BCUT2D eigenvalue weighted by molar-refractivity contribution is 7.99. The number of rotatable bonds is 8. The van der Waals surface area contributed by atoms with E-state index >= 15 is 0 Å². The zero-order valence-corrected chi connectivity index (χ0v) is 17.9. The average Bonchev–Trinajstić information content (AvgIpc) is 3.28. The van der Waals surface area contributed by atoms with Gasteiger partial charge in [-0.2, -0.15) is 5.10 Å². The number of aromatic nitrogens is 5. The highest BCUT2D eigenvalue weighted by Crippen LogP contribution is 2.26. The second kappa shape index (κ2) is 10.3. The Balaban J connectivity index is 1.46. The van der Waals surface area contributed by atoms with E-state index in [1.165, 1.54) is 11.8 Å². The number of nitrogens with zero attached hydrogens (tertiary/aromatic N) is 6. The molecule has 32 heavy (non-hydrogen) atoms. The Kier molecular flexibility index (Phi) is 6.83. The molecule has 0 unspecified atom stereocenters. The van der Waals surface area contributed by atoms with Crippen LogP contribution in [0, 0.1) is 0 Å². The van der Waals surface area contributed by atoms with Crippen molar-refractivity contribution in [2.45, 2.75) is 5.16 Å². The molecular formula is C22H19N7O2S. The summed E-state index contributed by atoms with van der Waals surface area (Å²) in [5, 5.41) is 13.1. The summed E-state index contributed by atoms with van der Waals surface area (Å²) in [5.74, 6) is 1.11. The third kappa shape index (κ3) is 5.16. The average molecular weight is 446 g/mol. The van der Waals surface area contributed by atoms with Crippen molar-refractivity contribution in [3.8, 4) is 23.0 Å². The molecule has 2 aromatic heterocycles. The van der Waals surface area contributed by atoms with Gasteiger partial charge in [-0.3, -0.25) is 14.3 Å². The zero-order valence-electron chi connectivity index (χ0n) is 17.1. The number of hydrogen-bond acceptors (Lipinski definition) is 8. The van der Waals surface area contributed by atoms with Gasteiger partial charge < -0.3 is 4.74 Å². The summed E-state index contributed by atoms with van der Waals surface area (Å²) in [4.78, 5) is 20.7. The van der Waals surface area contributed by atoms with Crippen LogP contribution in [0.2, 0.25) is 0 Å². The van der Waals surface area contributed by atoms with Gasteiger partial charge in [-0.15, -0.1) is 10.2 Å². The maximum Gasteiger partial charge on any atom is 0.250 e. The Labute approximate surface area is 188 Å². The van der Waals surface area contributed by atoms with Gasteiger partial charge in [-0.1, -0.05) is 42.1 Å². The largest absolute Gasteiger partial charge is 0.497 e. The Hall–Kier alpha value is -4.05. The molecule has 0 spiro atoms. The van der Waals surface area contributed by atoms with Crippen molar-refractivity contribution in [1.82, 2.24) is 30.2 Å². The molecule has 2 aromatic carbocycles. The van der Waals surface area contributed by atoms with E-state index in [2.05, 4.69) is 30.7 Å². The van der Waals surface area contributed by atoms with Crippen LogP contribution >= 0.6 is 11.8 Å². The number of thioether (sulfide) groups is 1.